The topological polar surface area (TPSA) is 130 Å². The predicted molar refractivity (Wildman–Crippen MR) is 136 cm³/mol. The number of carbonyl (C=O) groups excluding carboxylic acids is 2. The first kappa shape index (κ1) is 26.5. The van der Waals surface area contributed by atoms with Crippen molar-refractivity contribution in [1.82, 2.24) is 8.61 Å². The summed E-state index contributed by atoms with van der Waals surface area (Å²) in [6.07, 6.45) is 0. The number of para-hydroxylation sites is 1. The van der Waals surface area contributed by atoms with Crippen molar-refractivity contribution >= 4 is 37.6 Å². The Balaban J connectivity index is 1.71. The van der Waals surface area contributed by atoms with Gasteiger partial charge in [0.2, 0.25) is 26.0 Å². The normalized spacial score (nSPS) is 17.2. The molecule has 0 saturated carbocycles. The third-order valence-electron chi connectivity index (χ3n) is 5.92. The van der Waals surface area contributed by atoms with Crippen LogP contribution in [0.25, 0.3) is 0 Å². The van der Waals surface area contributed by atoms with Gasteiger partial charge < -0.3 is 10.1 Å². The second kappa shape index (κ2) is 10.8. The molecule has 0 aromatic heterocycles. The Morgan fingerprint density at radius 1 is 0.784 bits per heavy atom. The van der Waals surface area contributed by atoms with Gasteiger partial charge in [0.15, 0.2) is 0 Å². The number of carbonyl (C=O) groups is 2. The van der Waals surface area contributed by atoms with E-state index in [-0.39, 0.29) is 34.1 Å². The lowest BCUT2D eigenvalue weighted by Gasteiger charge is -2.39. The maximum Gasteiger partial charge on any atom is 0.339 e. The summed E-state index contributed by atoms with van der Waals surface area (Å²) in [5.41, 5.74) is 0.180. The molecule has 1 fully saturated rings. The van der Waals surface area contributed by atoms with Crippen molar-refractivity contribution in [3.05, 3.63) is 90.5 Å². The Bertz CT molecular complexity index is 1500. The fraction of sp³-hybridized carbons (Fsp3) is 0.200. The molecule has 12 heteroatoms. The van der Waals surface area contributed by atoms with E-state index in [1.54, 1.807) is 48.5 Å². The van der Waals surface area contributed by atoms with Gasteiger partial charge in [0, 0.05) is 19.6 Å². The zero-order valence-corrected chi connectivity index (χ0v) is 21.5. The highest BCUT2D eigenvalue weighted by Crippen LogP contribution is 2.26. The summed E-state index contributed by atoms with van der Waals surface area (Å²) in [6, 6.07) is 20.0. The second-order valence-corrected chi connectivity index (χ2v) is 12.0. The number of benzene rings is 3. The number of amides is 1. The van der Waals surface area contributed by atoms with Crippen LogP contribution in [0.3, 0.4) is 0 Å². The molecule has 0 aliphatic carbocycles. The molecule has 10 nitrogen and oxygen atoms in total. The molecule has 3 aromatic carbocycles. The smallest absolute Gasteiger partial charge is 0.339 e. The van der Waals surface area contributed by atoms with Crippen LogP contribution >= 0.6 is 0 Å². The largest absolute Gasteiger partial charge is 0.465 e. The predicted octanol–water partition coefficient (Wildman–Crippen LogP) is 2.18. The molecule has 37 heavy (non-hydrogen) atoms. The minimum Gasteiger partial charge on any atom is -0.465 e. The van der Waals surface area contributed by atoms with Crippen molar-refractivity contribution in [1.29, 1.82) is 0 Å². The van der Waals surface area contributed by atoms with Gasteiger partial charge in [-0.05, 0) is 36.4 Å². The molecule has 1 N–H and O–H groups in total. The first-order valence-electron chi connectivity index (χ1n) is 11.3. The average molecular weight is 544 g/mol. The standard InChI is InChI=1S/C25H25N3O7S2/c1-35-25(30)21-14-8-9-15-22(21)26-24(29)23-18-27(36(31,32)19-10-4-2-5-11-19)16-17-28(23)37(33,34)20-12-6-3-7-13-20/h2-15,23H,16-18H2,1H3,(H,26,29). The summed E-state index contributed by atoms with van der Waals surface area (Å²) < 4.78 is 60.4. The van der Waals surface area contributed by atoms with Crippen molar-refractivity contribution in [2.24, 2.45) is 0 Å². The molecule has 1 unspecified atom stereocenters. The number of hydrogen-bond donors (Lipinski definition) is 1. The van der Waals surface area contributed by atoms with E-state index in [2.05, 4.69) is 5.32 Å². The van der Waals surface area contributed by atoms with Crippen LogP contribution in [0.4, 0.5) is 5.69 Å². The molecule has 0 bridgehead atoms. The number of nitrogens with zero attached hydrogens (tertiary/aromatic N) is 2. The van der Waals surface area contributed by atoms with Gasteiger partial charge in [0.25, 0.3) is 0 Å². The number of ether oxygens (including phenoxy) is 1. The molecule has 1 aliphatic heterocycles. The van der Waals surface area contributed by atoms with Gasteiger partial charge in [-0.2, -0.15) is 8.61 Å². The van der Waals surface area contributed by atoms with Gasteiger partial charge >= 0.3 is 5.97 Å². The number of sulfonamides is 2. The molecular weight excluding hydrogens is 518 g/mol. The summed E-state index contributed by atoms with van der Waals surface area (Å²) in [7, 11) is -6.96. The van der Waals surface area contributed by atoms with Crippen molar-refractivity contribution in [3.63, 3.8) is 0 Å². The maximum absolute atomic E-state index is 13.5. The number of piperazine rings is 1. The molecule has 1 atom stereocenters. The maximum atomic E-state index is 13.5. The van der Waals surface area contributed by atoms with Gasteiger partial charge in [-0.3, -0.25) is 4.79 Å². The monoisotopic (exact) mass is 543 g/mol. The van der Waals surface area contributed by atoms with E-state index < -0.39 is 44.5 Å². The number of methoxy groups -OCH3 is 1. The minimum absolute atomic E-state index is 0.0258. The van der Waals surface area contributed by atoms with Crippen LogP contribution in [-0.4, -0.2) is 70.1 Å². The SMILES string of the molecule is COC(=O)c1ccccc1NC(=O)C1CN(S(=O)(=O)c2ccccc2)CCN1S(=O)(=O)c1ccccc1. The van der Waals surface area contributed by atoms with Crippen molar-refractivity contribution in [2.45, 2.75) is 15.8 Å². The zero-order valence-electron chi connectivity index (χ0n) is 19.9. The number of hydrogen-bond acceptors (Lipinski definition) is 7. The average Bonchev–Trinajstić information content (AvgIpc) is 2.93. The van der Waals surface area contributed by atoms with Crippen LogP contribution < -0.4 is 5.32 Å². The molecule has 0 radical (unpaired) electrons. The number of esters is 1. The number of anilines is 1. The fourth-order valence-electron chi connectivity index (χ4n) is 4.03. The van der Waals surface area contributed by atoms with E-state index in [0.29, 0.717) is 0 Å². The Hall–Kier alpha value is -3.58. The molecule has 3 aromatic rings. The second-order valence-electron chi connectivity index (χ2n) is 8.15. The van der Waals surface area contributed by atoms with Crippen LogP contribution in [0.1, 0.15) is 10.4 Å². The van der Waals surface area contributed by atoms with Gasteiger partial charge in [-0.1, -0.05) is 48.5 Å². The molecule has 1 saturated heterocycles. The summed E-state index contributed by atoms with van der Waals surface area (Å²) in [4.78, 5) is 25.7. The zero-order chi connectivity index (χ0) is 26.6. The first-order chi connectivity index (χ1) is 17.7. The van der Waals surface area contributed by atoms with Gasteiger partial charge in [0.1, 0.15) is 6.04 Å². The lowest BCUT2D eigenvalue weighted by molar-refractivity contribution is -0.120. The van der Waals surface area contributed by atoms with E-state index in [9.17, 15) is 26.4 Å². The summed E-state index contributed by atoms with van der Waals surface area (Å²) >= 11 is 0. The van der Waals surface area contributed by atoms with Gasteiger partial charge in [-0.25, -0.2) is 21.6 Å². The first-order valence-corrected chi connectivity index (χ1v) is 14.1. The molecule has 1 amide bonds. The van der Waals surface area contributed by atoms with E-state index in [1.807, 2.05) is 0 Å². The third kappa shape index (κ3) is 5.42. The highest BCUT2D eigenvalue weighted by Gasteiger charge is 2.43. The van der Waals surface area contributed by atoms with Crippen molar-refractivity contribution in [3.8, 4) is 0 Å². The summed E-state index contributed by atoms with van der Waals surface area (Å²) in [5, 5.41) is 2.59. The van der Waals surface area contributed by atoms with E-state index in [0.717, 1.165) is 8.61 Å². The molecule has 194 valence electrons. The van der Waals surface area contributed by atoms with Crippen molar-refractivity contribution < 1.29 is 31.2 Å². The Morgan fingerprint density at radius 3 is 1.92 bits per heavy atom. The van der Waals surface area contributed by atoms with Crippen LogP contribution in [0, 0.1) is 0 Å². The molecule has 0 spiro atoms. The van der Waals surface area contributed by atoms with Crippen LogP contribution in [0.5, 0.6) is 0 Å². The van der Waals surface area contributed by atoms with Gasteiger partial charge in [0.05, 0.1) is 28.2 Å². The Labute approximate surface area is 215 Å². The Kier molecular flexibility index (Phi) is 7.73. The fourth-order valence-corrected chi connectivity index (χ4v) is 7.08. The van der Waals surface area contributed by atoms with Crippen LogP contribution in [0.2, 0.25) is 0 Å². The van der Waals surface area contributed by atoms with Gasteiger partial charge in [-0.15, -0.1) is 0 Å². The van der Waals surface area contributed by atoms with Crippen LogP contribution in [0.15, 0.2) is 94.7 Å². The van der Waals surface area contributed by atoms with E-state index >= 15 is 0 Å². The van der Waals surface area contributed by atoms with E-state index in [4.69, 9.17) is 4.74 Å². The van der Waals surface area contributed by atoms with Crippen LogP contribution in [-0.2, 0) is 29.6 Å². The highest BCUT2D eigenvalue weighted by molar-refractivity contribution is 7.89. The summed E-state index contributed by atoms with van der Waals surface area (Å²) in [5.74, 6) is -1.48. The van der Waals surface area contributed by atoms with Crippen molar-refractivity contribution in [2.75, 3.05) is 32.1 Å². The number of nitrogens with one attached hydrogen (secondary N) is 1. The number of rotatable bonds is 7. The summed E-state index contributed by atoms with van der Waals surface area (Å²) in [6.45, 7) is -0.818. The minimum atomic E-state index is -4.15. The Morgan fingerprint density at radius 2 is 1.32 bits per heavy atom. The quantitative estimate of drug-likeness (QED) is 0.452. The highest BCUT2D eigenvalue weighted by atomic mass is 32.2. The molecule has 1 aliphatic rings. The van der Waals surface area contributed by atoms with E-state index in [1.165, 1.54) is 43.5 Å². The molecule has 1 heterocycles. The molecular formula is C25H25N3O7S2. The third-order valence-corrected chi connectivity index (χ3v) is 9.72. The molecule has 4 rings (SSSR count). The lowest BCUT2D eigenvalue weighted by Crippen LogP contribution is -2.60. The lowest BCUT2D eigenvalue weighted by atomic mass is 10.1.